The van der Waals surface area contributed by atoms with Crippen LogP contribution in [0.1, 0.15) is 46.2 Å². The van der Waals surface area contributed by atoms with Gasteiger partial charge in [0.05, 0.1) is 41.0 Å². The van der Waals surface area contributed by atoms with Gasteiger partial charge in [-0.2, -0.15) is 31.4 Å². The van der Waals surface area contributed by atoms with Crippen LogP contribution in [-0.4, -0.2) is 58.4 Å². The van der Waals surface area contributed by atoms with Crippen molar-refractivity contribution in [3.05, 3.63) is 160 Å². The number of hydrogen-bond acceptors (Lipinski definition) is 9. The Morgan fingerprint density at radius 3 is 2.39 bits per heavy atom. The number of amides is 2. The number of halogens is 7. The van der Waals surface area contributed by atoms with Gasteiger partial charge in [-0.15, -0.1) is 0 Å². The second kappa shape index (κ2) is 15.3. The molecule has 4 aromatic heterocycles. The van der Waals surface area contributed by atoms with Crippen molar-refractivity contribution in [3.63, 3.8) is 0 Å². The van der Waals surface area contributed by atoms with E-state index in [1.165, 1.54) is 64.4 Å². The molecule has 5 aromatic rings. The number of carbonyl (C=O) groups excluding carboxylic acids is 2. The number of anilines is 2. The molecule has 2 N–H and O–H groups in total. The van der Waals surface area contributed by atoms with Crippen LogP contribution in [0.2, 0.25) is 0 Å². The first-order valence-corrected chi connectivity index (χ1v) is 18.4. The molecule has 19 heteroatoms. The van der Waals surface area contributed by atoms with Gasteiger partial charge in [0, 0.05) is 29.4 Å². The Hall–Kier alpha value is -7.44. The maximum atomic E-state index is 14.1. The summed E-state index contributed by atoms with van der Waals surface area (Å²) in [6.45, 7) is 4.90. The van der Waals surface area contributed by atoms with Crippen LogP contribution < -0.4 is 10.6 Å². The van der Waals surface area contributed by atoms with Gasteiger partial charge in [-0.1, -0.05) is 30.4 Å². The van der Waals surface area contributed by atoms with Crippen LogP contribution in [0, 0.1) is 19.7 Å². The number of benzene rings is 1. The number of nitrogens with zero attached hydrogens (tertiary/aromatic N) is 8. The van der Waals surface area contributed by atoms with Gasteiger partial charge in [0.2, 0.25) is 0 Å². The minimum atomic E-state index is -4.67. The SMILES string of the molecule is CC1=C(C(=O)Nc2ccc(F)cn2)C2=NC(=C3CC=CC=C3C(F)(F)F)C=CN2N1Cc1cc(C)nc(NC(=O)c2c(C)nn3ccc(-c4ccccc4C(F)(F)F)nc23)c1. The normalized spacial score (nSPS) is 16.6. The van der Waals surface area contributed by atoms with E-state index in [9.17, 15) is 40.3 Å². The molecule has 12 nitrogen and oxygen atoms in total. The van der Waals surface area contributed by atoms with Crippen LogP contribution in [0.25, 0.3) is 16.9 Å². The van der Waals surface area contributed by atoms with Gasteiger partial charge < -0.3 is 10.6 Å². The number of allylic oxidation sites excluding steroid dienone is 7. The Labute approximate surface area is 341 Å². The molecule has 1 aromatic carbocycles. The van der Waals surface area contributed by atoms with Crippen LogP contribution in [0.15, 0.2) is 131 Å². The molecule has 0 unspecified atom stereocenters. The fourth-order valence-corrected chi connectivity index (χ4v) is 7.21. The third kappa shape index (κ3) is 7.88. The molecule has 0 fully saturated rings. The van der Waals surface area contributed by atoms with Gasteiger partial charge in [0.1, 0.15) is 28.6 Å². The molecular weight excluding hydrogens is 810 g/mol. The van der Waals surface area contributed by atoms with Crippen molar-refractivity contribution in [1.29, 1.82) is 0 Å². The van der Waals surface area contributed by atoms with Gasteiger partial charge >= 0.3 is 12.4 Å². The van der Waals surface area contributed by atoms with E-state index in [1.807, 2.05) is 0 Å². The van der Waals surface area contributed by atoms with Gasteiger partial charge in [-0.25, -0.2) is 33.9 Å². The van der Waals surface area contributed by atoms with E-state index < -0.39 is 41.1 Å². The molecule has 6 heterocycles. The first-order chi connectivity index (χ1) is 29.0. The molecule has 0 atom stereocenters. The summed E-state index contributed by atoms with van der Waals surface area (Å²) in [6, 6.07) is 12.0. The number of amidine groups is 1. The Morgan fingerprint density at radius 1 is 0.885 bits per heavy atom. The Bertz CT molecular complexity index is 2830. The van der Waals surface area contributed by atoms with Crippen LogP contribution in [-0.2, 0) is 17.5 Å². The first kappa shape index (κ1) is 40.3. The number of carbonyl (C=O) groups is 2. The van der Waals surface area contributed by atoms with Crippen molar-refractivity contribution in [2.24, 2.45) is 4.99 Å². The fourth-order valence-electron chi connectivity index (χ4n) is 7.21. The standard InChI is InChI=1S/C42H31F7N10O2/c1-22-18-25(19-34(51-22)55-39(60)35-23(2)56-57-16-14-31(52-37(35)57)27-8-4-6-10-29(27)41(44,45)46)21-59-24(3)36(40(61)54-33-13-12-26(43)20-50-33)38-53-32(15-17-58(38)59)28-9-5-7-11-30(28)42(47,48)49/h4-8,10-20H,9,21H2,1-3H3,(H,50,54,61)(H,51,55,60). The Morgan fingerprint density at radius 2 is 1.66 bits per heavy atom. The number of rotatable bonds is 7. The molecule has 8 rings (SSSR count). The number of hydrazine groups is 1. The maximum Gasteiger partial charge on any atom is 0.417 e. The van der Waals surface area contributed by atoms with Gasteiger partial charge in [-0.05, 0) is 86.9 Å². The number of hydrogen-bond donors (Lipinski definition) is 2. The highest BCUT2D eigenvalue weighted by atomic mass is 19.4. The van der Waals surface area contributed by atoms with E-state index in [1.54, 1.807) is 44.0 Å². The lowest BCUT2D eigenvalue weighted by Crippen LogP contribution is -2.37. The van der Waals surface area contributed by atoms with Crippen LogP contribution in [0.3, 0.4) is 0 Å². The number of aryl methyl sites for hydroxylation is 2. The van der Waals surface area contributed by atoms with Crippen molar-refractivity contribution < 1.29 is 40.3 Å². The molecule has 0 bridgehead atoms. The first-order valence-electron chi connectivity index (χ1n) is 18.4. The zero-order valence-electron chi connectivity index (χ0n) is 32.2. The summed E-state index contributed by atoms with van der Waals surface area (Å²) in [5, 5.41) is 12.9. The zero-order chi connectivity index (χ0) is 43.4. The highest BCUT2D eigenvalue weighted by Gasteiger charge is 2.41. The number of nitrogens with one attached hydrogen (secondary N) is 2. The largest absolute Gasteiger partial charge is 0.417 e. The third-order valence-electron chi connectivity index (χ3n) is 9.89. The summed E-state index contributed by atoms with van der Waals surface area (Å²) in [6.07, 6.45) is -0.284. The molecule has 0 saturated heterocycles. The summed E-state index contributed by atoms with van der Waals surface area (Å²) in [5.41, 5.74) is -0.384. The molecule has 3 aliphatic rings. The molecule has 310 valence electrons. The second-order valence-electron chi connectivity index (χ2n) is 14.0. The number of aliphatic imine (C=N–C) groups is 1. The smallest absolute Gasteiger partial charge is 0.306 e. The van der Waals surface area contributed by atoms with Crippen molar-refractivity contribution in [3.8, 4) is 11.3 Å². The van der Waals surface area contributed by atoms with Crippen molar-refractivity contribution in [2.45, 2.75) is 46.1 Å². The van der Waals surface area contributed by atoms with Crippen LogP contribution in [0.5, 0.6) is 0 Å². The van der Waals surface area contributed by atoms with Crippen molar-refractivity contribution >= 4 is 34.9 Å². The number of fused-ring (bicyclic) bond motifs is 2. The maximum absolute atomic E-state index is 14.1. The topological polar surface area (TPSA) is 133 Å². The molecule has 61 heavy (non-hydrogen) atoms. The van der Waals surface area contributed by atoms with E-state index >= 15 is 0 Å². The molecule has 2 amide bonds. The van der Waals surface area contributed by atoms with E-state index in [2.05, 4.69) is 35.7 Å². The average Bonchev–Trinajstić information content (AvgIpc) is 3.69. The molecule has 0 saturated carbocycles. The average molecular weight is 841 g/mol. The third-order valence-corrected chi connectivity index (χ3v) is 9.89. The lowest BCUT2D eigenvalue weighted by atomic mass is 9.95. The summed E-state index contributed by atoms with van der Waals surface area (Å²) in [7, 11) is 0. The lowest BCUT2D eigenvalue weighted by molar-refractivity contribution is -0.137. The Balaban J connectivity index is 1.12. The predicted molar refractivity (Wildman–Crippen MR) is 209 cm³/mol. The summed E-state index contributed by atoms with van der Waals surface area (Å²) >= 11 is 0. The summed E-state index contributed by atoms with van der Waals surface area (Å²) in [5.74, 6) is -1.88. The van der Waals surface area contributed by atoms with Crippen molar-refractivity contribution in [1.82, 2.24) is 34.6 Å². The number of aromatic nitrogens is 5. The van der Waals surface area contributed by atoms with Gasteiger partial charge in [0.25, 0.3) is 11.8 Å². The minimum Gasteiger partial charge on any atom is -0.306 e. The van der Waals surface area contributed by atoms with Gasteiger partial charge in [-0.3, -0.25) is 14.6 Å². The minimum absolute atomic E-state index is 0.00188. The van der Waals surface area contributed by atoms with E-state index in [0.29, 0.717) is 17.0 Å². The molecule has 2 aliphatic heterocycles. The highest BCUT2D eigenvalue weighted by molar-refractivity contribution is 6.26. The summed E-state index contributed by atoms with van der Waals surface area (Å²) < 4.78 is 98.8. The summed E-state index contributed by atoms with van der Waals surface area (Å²) in [4.78, 5) is 45.2. The second-order valence-corrected chi connectivity index (χ2v) is 14.0. The van der Waals surface area contributed by atoms with Crippen LogP contribution >= 0.6 is 0 Å². The molecular formula is C42H31F7N10O2. The van der Waals surface area contributed by atoms with E-state index in [-0.39, 0.29) is 75.4 Å². The van der Waals surface area contributed by atoms with Gasteiger partial charge in [0.15, 0.2) is 11.5 Å². The highest BCUT2D eigenvalue weighted by Crippen LogP contribution is 2.40. The molecule has 0 radical (unpaired) electrons. The van der Waals surface area contributed by atoms with Crippen molar-refractivity contribution in [2.75, 3.05) is 10.6 Å². The number of pyridine rings is 2. The monoisotopic (exact) mass is 840 g/mol. The fraction of sp³-hybridized carbons (Fsp3) is 0.167. The zero-order valence-corrected chi connectivity index (χ0v) is 32.2. The van der Waals surface area contributed by atoms with Crippen LogP contribution in [0.4, 0.5) is 42.4 Å². The lowest BCUT2D eigenvalue weighted by Gasteiger charge is -2.32. The molecule has 0 spiro atoms. The molecule has 1 aliphatic carbocycles. The Kier molecular flexibility index (Phi) is 10.1. The number of alkyl halides is 6. The predicted octanol–water partition coefficient (Wildman–Crippen LogP) is 8.79. The van der Waals surface area contributed by atoms with E-state index in [4.69, 9.17) is 0 Å². The van der Waals surface area contributed by atoms with E-state index in [0.717, 1.165) is 24.4 Å². The quantitative estimate of drug-likeness (QED) is 0.156.